The summed E-state index contributed by atoms with van der Waals surface area (Å²) in [5.41, 5.74) is 1.40. The number of hydrogen-bond acceptors (Lipinski definition) is 4. The van der Waals surface area contributed by atoms with Crippen molar-refractivity contribution >= 4 is 33.3 Å². The Bertz CT molecular complexity index is 499. The standard InChI is InChI=1S/C11H17N3O2S2/c12-18(15,16)14-11-3-1-2-10(8-11)13-9-4-6-17-7-5-9/h1-3,8-9,13-14H,4-7H2,(H2,12,15,16). The molecule has 100 valence electrons. The van der Waals surface area contributed by atoms with Crippen LogP contribution in [0, 0.1) is 0 Å². The van der Waals surface area contributed by atoms with Gasteiger partial charge in [-0.25, -0.2) is 5.14 Å². The molecular weight excluding hydrogens is 270 g/mol. The van der Waals surface area contributed by atoms with E-state index in [-0.39, 0.29) is 0 Å². The van der Waals surface area contributed by atoms with Crippen LogP contribution in [0.2, 0.25) is 0 Å². The molecule has 0 radical (unpaired) electrons. The molecular formula is C11H17N3O2S2. The summed E-state index contributed by atoms with van der Waals surface area (Å²) in [4.78, 5) is 0. The fraction of sp³-hybridized carbons (Fsp3) is 0.455. The van der Waals surface area contributed by atoms with Crippen LogP contribution in [0.4, 0.5) is 11.4 Å². The molecule has 1 aromatic rings. The van der Waals surface area contributed by atoms with Crippen LogP contribution in [-0.4, -0.2) is 26.0 Å². The summed E-state index contributed by atoms with van der Waals surface area (Å²) in [6.45, 7) is 0. The first-order chi connectivity index (χ1) is 8.53. The molecule has 7 heteroatoms. The van der Waals surface area contributed by atoms with E-state index in [1.807, 2.05) is 17.8 Å². The third-order valence-electron chi connectivity index (χ3n) is 2.71. The van der Waals surface area contributed by atoms with E-state index in [1.165, 1.54) is 11.5 Å². The van der Waals surface area contributed by atoms with Crippen molar-refractivity contribution in [3.63, 3.8) is 0 Å². The van der Waals surface area contributed by atoms with Gasteiger partial charge in [-0.3, -0.25) is 4.72 Å². The number of thioether (sulfide) groups is 1. The van der Waals surface area contributed by atoms with Gasteiger partial charge in [-0.1, -0.05) is 6.07 Å². The number of hydrogen-bond donors (Lipinski definition) is 3. The van der Waals surface area contributed by atoms with E-state index in [2.05, 4.69) is 10.0 Å². The Balaban J connectivity index is 2.02. The highest BCUT2D eigenvalue weighted by molar-refractivity contribution is 7.99. The monoisotopic (exact) mass is 287 g/mol. The smallest absolute Gasteiger partial charge is 0.296 e. The Morgan fingerprint density at radius 2 is 1.89 bits per heavy atom. The Labute approximate surface area is 112 Å². The molecule has 0 aliphatic carbocycles. The maximum atomic E-state index is 10.9. The van der Waals surface area contributed by atoms with Crippen molar-refractivity contribution in [2.45, 2.75) is 18.9 Å². The first-order valence-corrected chi connectivity index (χ1v) is 8.48. The molecule has 1 fully saturated rings. The second kappa shape index (κ2) is 5.81. The van der Waals surface area contributed by atoms with Crippen LogP contribution in [0.3, 0.4) is 0 Å². The third kappa shape index (κ3) is 4.40. The zero-order valence-electron chi connectivity index (χ0n) is 9.93. The van der Waals surface area contributed by atoms with Crippen LogP contribution < -0.4 is 15.2 Å². The lowest BCUT2D eigenvalue weighted by molar-refractivity contribution is 0.603. The first-order valence-electron chi connectivity index (χ1n) is 5.78. The summed E-state index contributed by atoms with van der Waals surface area (Å²) in [5.74, 6) is 2.35. The predicted molar refractivity (Wildman–Crippen MR) is 77.1 cm³/mol. The summed E-state index contributed by atoms with van der Waals surface area (Å²) in [5, 5.41) is 8.36. The van der Waals surface area contributed by atoms with Crippen molar-refractivity contribution in [1.82, 2.24) is 0 Å². The van der Waals surface area contributed by atoms with E-state index in [0.717, 1.165) is 18.5 Å². The Morgan fingerprint density at radius 1 is 1.22 bits per heavy atom. The molecule has 0 unspecified atom stereocenters. The minimum absolute atomic E-state index is 0.469. The molecule has 0 aromatic heterocycles. The number of nitrogens with two attached hydrogens (primary N) is 1. The van der Waals surface area contributed by atoms with E-state index >= 15 is 0 Å². The van der Waals surface area contributed by atoms with Crippen molar-refractivity contribution in [3.05, 3.63) is 24.3 Å². The van der Waals surface area contributed by atoms with Gasteiger partial charge in [0.15, 0.2) is 0 Å². The average molecular weight is 287 g/mol. The van der Waals surface area contributed by atoms with Crippen LogP contribution >= 0.6 is 11.8 Å². The normalized spacial score (nSPS) is 17.4. The van der Waals surface area contributed by atoms with E-state index in [9.17, 15) is 8.42 Å². The average Bonchev–Trinajstić information content (AvgIpc) is 2.28. The second-order valence-electron chi connectivity index (χ2n) is 4.26. The topological polar surface area (TPSA) is 84.2 Å². The van der Waals surface area contributed by atoms with Gasteiger partial charge in [-0.2, -0.15) is 20.2 Å². The van der Waals surface area contributed by atoms with Gasteiger partial charge in [-0.15, -0.1) is 0 Å². The van der Waals surface area contributed by atoms with Gasteiger partial charge in [0.1, 0.15) is 0 Å². The largest absolute Gasteiger partial charge is 0.382 e. The van der Waals surface area contributed by atoms with Crippen LogP contribution in [0.15, 0.2) is 24.3 Å². The van der Waals surface area contributed by atoms with Crippen LogP contribution in [0.1, 0.15) is 12.8 Å². The summed E-state index contributed by atoms with van der Waals surface area (Å²) in [6, 6.07) is 7.62. The van der Waals surface area contributed by atoms with Crippen molar-refractivity contribution in [2.75, 3.05) is 21.5 Å². The maximum absolute atomic E-state index is 10.9. The van der Waals surface area contributed by atoms with Crippen molar-refractivity contribution in [2.24, 2.45) is 5.14 Å². The van der Waals surface area contributed by atoms with Gasteiger partial charge in [0.05, 0.1) is 5.69 Å². The summed E-state index contributed by atoms with van der Waals surface area (Å²) < 4.78 is 24.2. The molecule has 0 atom stereocenters. The lowest BCUT2D eigenvalue weighted by Crippen LogP contribution is -2.25. The highest BCUT2D eigenvalue weighted by Crippen LogP contribution is 2.22. The summed E-state index contributed by atoms with van der Waals surface area (Å²) >= 11 is 1.97. The van der Waals surface area contributed by atoms with Gasteiger partial charge < -0.3 is 5.32 Å². The first kappa shape index (κ1) is 13.5. The van der Waals surface area contributed by atoms with Crippen molar-refractivity contribution in [3.8, 4) is 0 Å². The SMILES string of the molecule is NS(=O)(=O)Nc1cccc(NC2CCSCC2)c1. The number of anilines is 2. The molecule has 0 bridgehead atoms. The molecule has 1 heterocycles. The van der Waals surface area contributed by atoms with Crippen LogP contribution in [0.5, 0.6) is 0 Å². The molecule has 4 N–H and O–H groups in total. The second-order valence-corrected chi connectivity index (χ2v) is 6.78. The van der Waals surface area contributed by atoms with E-state index in [0.29, 0.717) is 11.7 Å². The Kier molecular flexibility index (Phi) is 4.36. The number of benzene rings is 1. The van der Waals surface area contributed by atoms with Gasteiger partial charge in [0.25, 0.3) is 10.2 Å². The van der Waals surface area contributed by atoms with Gasteiger partial charge >= 0.3 is 0 Å². The molecule has 2 rings (SSSR count). The fourth-order valence-electron chi connectivity index (χ4n) is 1.91. The molecule has 0 amide bonds. The van der Waals surface area contributed by atoms with E-state index in [4.69, 9.17) is 5.14 Å². The third-order valence-corrected chi connectivity index (χ3v) is 4.28. The summed E-state index contributed by atoms with van der Waals surface area (Å²) in [6.07, 6.45) is 2.27. The number of rotatable bonds is 4. The zero-order valence-corrected chi connectivity index (χ0v) is 11.6. The lowest BCUT2D eigenvalue weighted by atomic mass is 10.1. The molecule has 0 saturated carbocycles. The predicted octanol–water partition coefficient (Wildman–Crippen LogP) is 1.61. The zero-order chi connectivity index (χ0) is 13.0. The minimum atomic E-state index is -3.71. The maximum Gasteiger partial charge on any atom is 0.296 e. The van der Waals surface area contributed by atoms with E-state index < -0.39 is 10.2 Å². The van der Waals surface area contributed by atoms with Crippen LogP contribution in [0.25, 0.3) is 0 Å². The highest BCUT2D eigenvalue weighted by atomic mass is 32.2. The fourth-order valence-corrected chi connectivity index (χ4v) is 3.48. The molecule has 1 aliphatic heterocycles. The van der Waals surface area contributed by atoms with Crippen molar-refractivity contribution < 1.29 is 8.42 Å². The van der Waals surface area contributed by atoms with Gasteiger partial charge in [0, 0.05) is 11.7 Å². The van der Waals surface area contributed by atoms with Crippen LogP contribution in [-0.2, 0) is 10.2 Å². The van der Waals surface area contributed by atoms with Gasteiger partial charge in [-0.05, 0) is 42.5 Å². The Hall–Kier alpha value is -0.920. The molecule has 0 spiro atoms. The van der Waals surface area contributed by atoms with Gasteiger partial charge in [0.2, 0.25) is 0 Å². The quantitative estimate of drug-likeness (QED) is 0.785. The highest BCUT2D eigenvalue weighted by Gasteiger charge is 2.13. The molecule has 18 heavy (non-hydrogen) atoms. The van der Waals surface area contributed by atoms with Crippen molar-refractivity contribution in [1.29, 1.82) is 0 Å². The summed E-state index contributed by atoms with van der Waals surface area (Å²) in [7, 11) is -3.71. The lowest BCUT2D eigenvalue weighted by Gasteiger charge is -2.23. The molecule has 1 aromatic carbocycles. The molecule has 1 aliphatic rings. The minimum Gasteiger partial charge on any atom is -0.382 e. The molecule has 1 saturated heterocycles. The van der Waals surface area contributed by atoms with E-state index in [1.54, 1.807) is 18.2 Å². The number of nitrogens with one attached hydrogen (secondary N) is 2. The molecule has 5 nitrogen and oxygen atoms in total. The Morgan fingerprint density at radius 3 is 2.56 bits per heavy atom.